The van der Waals surface area contributed by atoms with Crippen molar-refractivity contribution < 1.29 is 9.53 Å². The van der Waals surface area contributed by atoms with Crippen LogP contribution in [0.4, 0.5) is 0 Å². The normalized spacial score (nSPS) is 15.1. The summed E-state index contributed by atoms with van der Waals surface area (Å²) in [4.78, 5) is 20.5. The number of nitrogens with zero attached hydrogens (tertiary/aromatic N) is 2. The Labute approximate surface area is 134 Å². The second-order valence-corrected chi connectivity index (χ2v) is 6.57. The Bertz CT molecular complexity index is 606. The van der Waals surface area contributed by atoms with Crippen LogP contribution >= 0.6 is 11.3 Å². The zero-order valence-corrected chi connectivity index (χ0v) is 13.3. The minimum absolute atomic E-state index is 0.112. The van der Waals surface area contributed by atoms with Crippen LogP contribution in [0.5, 0.6) is 0 Å². The predicted octanol–water partition coefficient (Wildman–Crippen LogP) is 4.22. The van der Waals surface area contributed by atoms with Gasteiger partial charge in [0.05, 0.1) is 11.4 Å². The molecule has 1 fully saturated rings. The molecule has 0 spiro atoms. The highest BCUT2D eigenvalue weighted by molar-refractivity contribution is 7.13. The van der Waals surface area contributed by atoms with Crippen molar-refractivity contribution in [3.63, 3.8) is 0 Å². The number of aromatic nitrogens is 2. The lowest BCUT2D eigenvalue weighted by atomic mass is 10.0. The summed E-state index contributed by atoms with van der Waals surface area (Å²) in [5.74, 6) is 0.613. The Morgan fingerprint density at radius 1 is 1.32 bits per heavy atom. The molecule has 0 bridgehead atoms. The van der Waals surface area contributed by atoms with Crippen molar-refractivity contribution in [1.82, 2.24) is 9.97 Å². The summed E-state index contributed by atoms with van der Waals surface area (Å²) in [6.07, 6.45) is 8.42. The van der Waals surface area contributed by atoms with Crippen molar-refractivity contribution in [3.05, 3.63) is 35.5 Å². The number of pyridine rings is 1. The summed E-state index contributed by atoms with van der Waals surface area (Å²) >= 11 is 1.52. The monoisotopic (exact) mass is 316 g/mol. The van der Waals surface area contributed by atoms with Gasteiger partial charge in [-0.15, -0.1) is 11.3 Å². The summed E-state index contributed by atoms with van der Waals surface area (Å²) in [7, 11) is 0. The zero-order valence-electron chi connectivity index (χ0n) is 12.5. The van der Waals surface area contributed by atoms with Gasteiger partial charge in [-0.05, 0) is 24.5 Å². The molecule has 116 valence electrons. The molecule has 0 aromatic carbocycles. The first-order valence-electron chi connectivity index (χ1n) is 7.82. The minimum Gasteiger partial charge on any atom is -0.459 e. The molecule has 4 nitrogen and oxygen atoms in total. The molecular formula is C17H20N2O2S. The highest BCUT2D eigenvalue weighted by Gasteiger charge is 2.16. The van der Waals surface area contributed by atoms with Gasteiger partial charge in [-0.25, -0.2) is 4.98 Å². The number of thiazole rings is 1. The highest BCUT2D eigenvalue weighted by Crippen LogP contribution is 2.28. The molecule has 2 aromatic heterocycles. The fourth-order valence-electron chi connectivity index (χ4n) is 2.83. The van der Waals surface area contributed by atoms with Crippen molar-refractivity contribution in [2.45, 2.75) is 45.1 Å². The average Bonchev–Trinajstić information content (AvgIpc) is 3.23. The van der Waals surface area contributed by atoms with Gasteiger partial charge in [-0.3, -0.25) is 9.78 Å². The first-order chi connectivity index (χ1) is 10.8. The van der Waals surface area contributed by atoms with Gasteiger partial charge in [-0.2, -0.15) is 0 Å². The molecule has 3 rings (SSSR count). The third-order valence-electron chi connectivity index (χ3n) is 4.05. The molecule has 0 radical (unpaired) electrons. The lowest BCUT2D eigenvalue weighted by Crippen LogP contribution is -2.07. The van der Waals surface area contributed by atoms with E-state index in [4.69, 9.17) is 4.74 Å². The smallest absolute Gasteiger partial charge is 0.306 e. The first kappa shape index (κ1) is 15.2. The molecule has 22 heavy (non-hydrogen) atoms. The van der Waals surface area contributed by atoms with Crippen LogP contribution in [-0.4, -0.2) is 15.9 Å². The van der Waals surface area contributed by atoms with Crippen LogP contribution in [0.25, 0.3) is 10.7 Å². The zero-order chi connectivity index (χ0) is 15.2. The van der Waals surface area contributed by atoms with Gasteiger partial charge < -0.3 is 4.74 Å². The highest BCUT2D eigenvalue weighted by atomic mass is 32.1. The van der Waals surface area contributed by atoms with Crippen molar-refractivity contribution in [3.8, 4) is 10.7 Å². The third-order valence-corrected chi connectivity index (χ3v) is 4.96. The van der Waals surface area contributed by atoms with Crippen LogP contribution in [0.2, 0.25) is 0 Å². The molecule has 0 unspecified atom stereocenters. The summed E-state index contributed by atoms with van der Waals surface area (Å²) in [5, 5.41) is 2.78. The second-order valence-electron chi connectivity index (χ2n) is 5.71. The number of ether oxygens (including phenoxy) is 1. The third kappa shape index (κ3) is 4.13. The molecule has 2 aromatic rings. The fraction of sp³-hybridized carbons (Fsp3) is 0.471. The SMILES string of the molecule is O=C(CCC1CCCC1)OCc1csc(-c2ccccn2)n1. The summed E-state index contributed by atoms with van der Waals surface area (Å²) < 4.78 is 5.32. The maximum Gasteiger partial charge on any atom is 0.306 e. The lowest BCUT2D eigenvalue weighted by Gasteiger charge is -2.07. The van der Waals surface area contributed by atoms with Crippen molar-refractivity contribution in [1.29, 1.82) is 0 Å². The van der Waals surface area contributed by atoms with Crippen molar-refractivity contribution in [2.24, 2.45) is 5.92 Å². The van der Waals surface area contributed by atoms with E-state index in [9.17, 15) is 4.79 Å². The molecular weight excluding hydrogens is 296 g/mol. The molecule has 1 aliphatic carbocycles. The van der Waals surface area contributed by atoms with E-state index < -0.39 is 0 Å². The molecule has 0 amide bonds. The maximum absolute atomic E-state index is 11.8. The maximum atomic E-state index is 11.8. The first-order valence-corrected chi connectivity index (χ1v) is 8.70. The minimum atomic E-state index is -0.112. The molecule has 0 aliphatic heterocycles. The second kappa shape index (κ2) is 7.49. The van der Waals surface area contributed by atoms with E-state index in [1.165, 1.54) is 37.0 Å². The van der Waals surface area contributed by atoms with E-state index in [-0.39, 0.29) is 12.6 Å². The number of rotatable bonds is 6. The van der Waals surface area contributed by atoms with Crippen LogP contribution in [0.15, 0.2) is 29.8 Å². The van der Waals surface area contributed by atoms with E-state index in [2.05, 4.69) is 9.97 Å². The van der Waals surface area contributed by atoms with Crippen LogP contribution in [0.3, 0.4) is 0 Å². The largest absolute Gasteiger partial charge is 0.459 e. The standard InChI is InChI=1S/C17H20N2O2S/c20-16(9-8-13-5-1-2-6-13)21-11-14-12-22-17(19-14)15-7-3-4-10-18-15/h3-4,7,10,12-13H,1-2,5-6,8-9,11H2. The van der Waals surface area contributed by atoms with E-state index in [0.717, 1.165) is 28.7 Å². The van der Waals surface area contributed by atoms with E-state index in [1.807, 2.05) is 23.6 Å². The summed E-state index contributed by atoms with van der Waals surface area (Å²) in [6, 6.07) is 5.74. The average molecular weight is 316 g/mol. The fourth-order valence-corrected chi connectivity index (χ4v) is 3.61. The molecule has 2 heterocycles. The molecule has 1 aliphatic rings. The van der Waals surface area contributed by atoms with Crippen LogP contribution in [0, 0.1) is 5.92 Å². The van der Waals surface area contributed by atoms with Crippen LogP contribution < -0.4 is 0 Å². The molecule has 0 atom stereocenters. The Balaban J connectivity index is 1.45. The van der Waals surface area contributed by atoms with Gasteiger partial charge in [0.1, 0.15) is 11.6 Å². The molecule has 1 saturated carbocycles. The summed E-state index contributed by atoms with van der Waals surface area (Å²) in [6.45, 7) is 0.257. The quantitative estimate of drug-likeness (QED) is 0.749. The molecule has 0 saturated heterocycles. The van der Waals surface area contributed by atoms with Gasteiger partial charge in [-0.1, -0.05) is 31.7 Å². The Morgan fingerprint density at radius 2 is 2.18 bits per heavy atom. The van der Waals surface area contributed by atoms with E-state index >= 15 is 0 Å². The van der Waals surface area contributed by atoms with Gasteiger partial charge in [0.2, 0.25) is 0 Å². The van der Waals surface area contributed by atoms with Gasteiger partial charge in [0.25, 0.3) is 0 Å². The van der Waals surface area contributed by atoms with Gasteiger partial charge in [0, 0.05) is 18.0 Å². The van der Waals surface area contributed by atoms with Crippen LogP contribution in [0.1, 0.15) is 44.2 Å². The van der Waals surface area contributed by atoms with Gasteiger partial charge in [0.15, 0.2) is 0 Å². The predicted molar refractivity (Wildman–Crippen MR) is 86.3 cm³/mol. The number of esters is 1. The number of hydrogen-bond acceptors (Lipinski definition) is 5. The number of carbonyl (C=O) groups excluding carboxylic acids is 1. The topological polar surface area (TPSA) is 52.1 Å². The van der Waals surface area contributed by atoms with E-state index in [1.54, 1.807) is 6.20 Å². The van der Waals surface area contributed by atoms with Crippen molar-refractivity contribution in [2.75, 3.05) is 0 Å². The molecule has 0 N–H and O–H groups in total. The Hall–Kier alpha value is -1.75. The van der Waals surface area contributed by atoms with Crippen molar-refractivity contribution >= 4 is 17.3 Å². The number of hydrogen-bond donors (Lipinski definition) is 0. The molecule has 5 heteroatoms. The van der Waals surface area contributed by atoms with Gasteiger partial charge >= 0.3 is 5.97 Å². The van der Waals surface area contributed by atoms with E-state index in [0.29, 0.717) is 6.42 Å². The Kier molecular flexibility index (Phi) is 5.16. The summed E-state index contributed by atoms with van der Waals surface area (Å²) in [5.41, 5.74) is 1.64. The Morgan fingerprint density at radius 3 is 2.95 bits per heavy atom. The van der Waals surface area contributed by atoms with Crippen LogP contribution in [-0.2, 0) is 16.1 Å². The lowest BCUT2D eigenvalue weighted by molar-refractivity contribution is -0.145. The number of carbonyl (C=O) groups is 1.